The molecule has 0 aliphatic carbocycles. The lowest BCUT2D eigenvalue weighted by atomic mass is 10.1. The van der Waals surface area contributed by atoms with E-state index in [0.717, 1.165) is 11.3 Å². The minimum absolute atomic E-state index is 0.178. The number of hydrogen-bond donors (Lipinski definition) is 2. The van der Waals surface area contributed by atoms with Gasteiger partial charge in [0.1, 0.15) is 5.82 Å². The zero-order valence-electron chi connectivity index (χ0n) is 15.0. The summed E-state index contributed by atoms with van der Waals surface area (Å²) < 4.78 is 13.0. The molecule has 0 atom stereocenters. The zero-order valence-corrected chi connectivity index (χ0v) is 15.8. The Balaban J connectivity index is 1.59. The van der Waals surface area contributed by atoms with Crippen molar-refractivity contribution in [2.24, 2.45) is 0 Å². The molecule has 3 aromatic carbocycles. The van der Waals surface area contributed by atoms with Gasteiger partial charge in [0.05, 0.1) is 17.0 Å². The monoisotopic (exact) mass is 394 g/mol. The fraction of sp³-hybridized carbons (Fsp3) is 0.0909. The smallest absolute Gasteiger partial charge is 0.257 e. The van der Waals surface area contributed by atoms with Gasteiger partial charge in [0, 0.05) is 11.4 Å². The van der Waals surface area contributed by atoms with Crippen molar-refractivity contribution in [1.82, 2.24) is 0 Å². The Labute approximate surface area is 167 Å². The third kappa shape index (κ3) is 5.69. The van der Waals surface area contributed by atoms with Crippen LogP contribution in [0.25, 0.3) is 0 Å². The van der Waals surface area contributed by atoms with Gasteiger partial charge in [0.25, 0.3) is 5.91 Å². The molecule has 3 aromatic rings. The topological polar surface area (TPSA) is 58.2 Å². The molecule has 2 amide bonds. The summed E-state index contributed by atoms with van der Waals surface area (Å²) in [6, 6.07) is 22.2. The molecule has 0 saturated carbocycles. The Morgan fingerprint density at radius 1 is 0.821 bits per heavy atom. The Morgan fingerprint density at radius 2 is 1.50 bits per heavy atom. The highest BCUT2D eigenvalue weighted by atomic mass is 32.2. The van der Waals surface area contributed by atoms with Crippen LogP contribution in [0.5, 0.6) is 0 Å². The quantitative estimate of drug-likeness (QED) is 0.596. The summed E-state index contributed by atoms with van der Waals surface area (Å²) in [5.74, 6) is 0.0881. The molecule has 142 valence electrons. The summed E-state index contributed by atoms with van der Waals surface area (Å²) in [5, 5.41) is 5.49. The second kappa shape index (κ2) is 9.71. The second-order valence-corrected chi connectivity index (χ2v) is 7.02. The molecule has 4 nitrogen and oxygen atoms in total. The van der Waals surface area contributed by atoms with Crippen molar-refractivity contribution in [3.05, 3.63) is 95.8 Å². The highest BCUT2D eigenvalue weighted by Gasteiger charge is 2.13. The summed E-state index contributed by atoms with van der Waals surface area (Å²) in [6.45, 7) is 0. The predicted octanol–water partition coefficient (Wildman–Crippen LogP) is 4.95. The minimum atomic E-state index is -0.376. The van der Waals surface area contributed by atoms with Gasteiger partial charge in [-0.2, -0.15) is 0 Å². The molecule has 0 fully saturated rings. The maximum Gasteiger partial charge on any atom is 0.257 e. The van der Waals surface area contributed by atoms with E-state index in [2.05, 4.69) is 10.6 Å². The molecule has 28 heavy (non-hydrogen) atoms. The van der Waals surface area contributed by atoms with E-state index in [9.17, 15) is 14.0 Å². The number of benzene rings is 3. The molecular weight excluding hydrogens is 375 g/mol. The van der Waals surface area contributed by atoms with Crippen LogP contribution in [-0.2, 0) is 10.5 Å². The van der Waals surface area contributed by atoms with Crippen LogP contribution in [0.2, 0.25) is 0 Å². The van der Waals surface area contributed by atoms with Gasteiger partial charge in [0.15, 0.2) is 0 Å². The second-order valence-electron chi connectivity index (χ2n) is 6.03. The van der Waals surface area contributed by atoms with E-state index >= 15 is 0 Å². The Hall–Kier alpha value is -3.12. The van der Waals surface area contributed by atoms with Gasteiger partial charge in [-0.3, -0.25) is 9.59 Å². The number of rotatable bonds is 7. The van der Waals surface area contributed by atoms with Gasteiger partial charge >= 0.3 is 0 Å². The third-order valence-corrected chi connectivity index (χ3v) is 4.90. The average Bonchev–Trinajstić information content (AvgIpc) is 2.71. The normalized spacial score (nSPS) is 10.3. The fourth-order valence-electron chi connectivity index (χ4n) is 2.54. The number of carbonyl (C=O) groups is 2. The van der Waals surface area contributed by atoms with Crippen LogP contribution < -0.4 is 10.6 Å². The molecule has 6 heteroatoms. The van der Waals surface area contributed by atoms with Gasteiger partial charge in [-0.1, -0.05) is 42.5 Å². The first kappa shape index (κ1) is 19.6. The Kier molecular flexibility index (Phi) is 6.81. The Morgan fingerprint density at radius 3 is 2.25 bits per heavy atom. The van der Waals surface area contributed by atoms with E-state index in [4.69, 9.17) is 0 Å². The van der Waals surface area contributed by atoms with Crippen LogP contribution in [0.15, 0.2) is 78.9 Å². The molecule has 0 radical (unpaired) electrons. The number of hydrogen-bond acceptors (Lipinski definition) is 3. The lowest BCUT2D eigenvalue weighted by Gasteiger charge is -2.11. The van der Waals surface area contributed by atoms with Crippen LogP contribution >= 0.6 is 11.8 Å². The molecule has 0 aromatic heterocycles. The molecule has 0 heterocycles. The highest BCUT2D eigenvalue weighted by Crippen LogP contribution is 2.19. The van der Waals surface area contributed by atoms with E-state index in [1.54, 1.807) is 24.3 Å². The summed E-state index contributed by atoms with van der Waals surface area (Å²) in [4.78, 5) is 24.8. The number of halogens is 1. The van der Waals surface area contributed by atoms with E-state index in [1.165, 1.54) is 36.0 Å². The number of anilines is 2. The van der Waals surface area contributed by atoms with Crippen molar-refractivity contribution in [3.63, 3.8) is 0 Å². The summed E-state index contributed by atoms with van der Waals surface area (Å²) in [6.07, 6.45) is 0. The average molecular weight is 394 g/mol. The van der Waals surface area contributed by atoms with E-state index < -0.39 is 0 Å². The number of thioether (sulfide) groups is 1. The van der Waals surface area contributed by atoms with Crippen LogP contribution in [0, 0.1) is 5.82 Å². The molecule has 0 bridgehead atoms. The summed E-state index contributed by atoms with van der Waals surface area (Å²) in [5.41, 5.74) is 2.41. The van der Waals surface area contributed by atoms with Crippen molar-refractivity contribution in [3.8, 4) is 0 Å². The van der Waals surface area contributed by atoms with Crippen LogP contribution in [0.4, 0.5) is 15.8 Å². The number of para-hydroxylation sites is 1. The maximum atomic E-state index is 13.0. The molecule has 0 spiro atoms. The van der Waals surface area contributed by atoms with Gasteiger partial charge < -0.3 is 10.6 Å². The van der Waals surface area contributed by atoms with Crippen LogP contribution in [0.1, 0.15) is 15.9 Å². The first-order valence-electron chi connectivity index (χ1n) is 8.69. The lowest BCUT2D eigenvalue weighted by molar-refractivity contribution is -0.113. The first-order valence-corrected chi connectivity index (χ1v) is 9.85. The zero-order chi connectivity index (χ0) is 19.8. The number of amides is 2. The number of nitrogens with one attached hydrogen (secondary N) is 2. The van der Waals surface area contributed by atoms with Crippen molar-refractivity contribution >= 4 is 35.0 Å². The van der Waals surface area contributed by atoms with Crippen molar-refractivity contribution in [2.75, 3.05) is 16.4 Å². The minimum Gasteiger partial charge on any atom is -0.325 e. The van der Waals surface area contributed by atoms with E-state index in [-0.39, 0.29) is 23.4 Å². The van der Waals surface area contributed by atoms with Gasteiger partial charge in [0.2, 0.25) is 5.91 Å². The van der Waals surface area contributed by atoms with Gasteiger partial charge in [-0.15, -0.1) is 11.8 Å². The van der Waals surface area contributed by atoms with Gasteiger partial charge in [-0.25, -0.2) is 4.39 Å². The highest BCUT2D eigenvalue weighted by molar-refractivity contribution is 7.99. The van der Waals surface area contributed by atoms with Gasteiger partial charge in [-0.05, 0) is 42.0 Å². The fourth-order valence-corrected chi connectivity index (χ4v) is 3.33. The molecular formula is C22H19FN2O2S. The summed E-state index contributed by atoms with van der Waals surface area (Å²) in [7, 11) is 0. The lowest BCUT2D eigenvalue weighted by Crippen LogP contribution is -2.19. The largest absolute Gasteiger partial charge is 0.325 e. The van der Waals surface area contributed by atoms with Crippen molar-refractivity contribution in [1.29, 1.82) is 0 Å². The molecule has 0 aliphatic rings. The van der Waals surface area contributed by atoms with Crippen molar-refractivity contribution in [2.45, 2.75) is 5.75 Å². The van der Waals surface area contributed by atoms with Crippen molar-refractivity contribution < 1.29 is 14.0 Å². The van der Waals surface area contributed by atoms with Crippen LogP contribution in [-0.4, -0.2) is 17.6 Å². The molecule has 0 unspecified atom stereocenters. The SMILES string of the molecule is O=C(CSCc1ccccc1)Nc1ccccc1C(=O)Nc1ccc(F)cc1. The van der Waals surface area contributed by atoms with E-state index in [1.807, 2.05) is 30.3 Å². The number of carbonyl (C=O) groups excluding carboxylic acids is 2. The van der Waals surface area contributed by atoms with E-state index in [0.29, 0.717) is 16.9 Å². The predicted molar refractivity (Wildman–Crippen MR) is 112 cm³/mol. The molecule has 0 saturated heterocycles. The van der Waals surface area contributed by atoms with Crippen LogP contribution in [0.3, 0.4) is 0 Å². The molecule has 0 aliphatic heterocycles. The molecule has 2 N–H and O–H groups in total. The first-order chi connectivity index (χ1) is 13.6. The maximum absolute atomic E-state index is 13.0. The standard InChI is InChI=1S/C22H19FN2O2S/c23-17-10-12-18(13-11-17)24-22(27)19-8-4-5-9-20(19)25-21(26)15-28-14-16-6-2-1-3-7-16/h1-13H,14-15H2,(H,24,27)(H,25,26). The summed E-state index contributed by atoms with van der Waals surface area (Å²) >= 11 is 1.50. The Bertz CT molecular complexity index is 946. The third-order valence-electron chi connectivity index (χ3n) is 3.89. The molecule has 3 rings (SSSR count).